The quantitative estimate of drug-likeness (QED) is 0.843. The highest BCUT2D eigenvalue weighted by atomic mass is 16.3. The Morgan fingerprint density at radius 3 is 2.65 bits per heavy atom. The van der Waals surface area contributed by atoms with Crippen LogP contribution in [0.1, 0.15) is 24.0 Å². The van der Waals surface area contributed by atoms with Gasteiger partial charge in [-0.2, -0.15) is 5.10 Å². The number of hydrogen-bond acceptors (Lipinski definition) is 3. The Morgan fingerprint density at radius 2 is 2.10 bits per heavy atom. The van der Waals surface area contributed by atoms with E-state index in [0.717, 1.165) is 11.1 Å². The lowest BCUT2D eigenvalue weighted by molar-refractivity contribution is 0.135. The largest absolute Gasteiger partial charge is 0.394 e. The van der Waals surface area contributed by atoms with Crippen LogP contribution < -0.4 is 5.32 Å². The third-order valence-electron chi connectivity index (χ3n) is 3.85. The monoisotopic (exact) mass is 271 g/mol. The maximum absolute atomic E-state index is 10.1. The van der Waals surface area contributed by atoms with E-state index in [2.05, 4.69) is 22.5 Å². The Labute approximate surface area is 119 Å². The zero-order valence-electron chi connectivity index (χ0n) is 11.8. The van der Waals surface area contributed by atoms with Crippen LogP contribution >= 0.6 is 0 Å². The number of aliphatic hydroxyl groups is 1. The zero-order chi connectivity index (χ0) is 14.0. The van der Waals surface area contributed by atoms with Gasteiger partial charge >= 0.3 is 0 Å². The third-order valence-corrected chi connectivity index (χ3v) is 3.85. The van der Waals surface area contributed by atoms with Gasteiger partial charge in [-0.25, -0.2) is 0 Å². The van der Waals surface area contributed by atoms with Crippen LogP contribution in [0.5, 0.6) is 0 Å². The molecule has 1 saturated carbocycles. The van der Waals surface area contributed by atoms with Gasteiger partial charge in [-0.1, -0.05) is 30.3 Å². The van der Waals surface area contributed by atoms with E-state index in [-0.39, 0.29) is 6.61 Å². The van der Waals surface area contributed by atoms with Crippen molar-refractivity contribution in [3.8, 4) is 0 Å². The summed E-state index contributed by atoms with van der Waals surface area (Å²) in [7, 11) is 0. The summed E-state index contributed by atoms with van der Waals surface area (Å²) in [6.45, 7) is 2.73. The molecule has 1 atom stereocenters. The zero-order valence-corrected chi connectivity index (χ0v) is 11.8. The van der Waals surface area contributed by atoms with Gasteiger partial charge in [-0.15, -0.1) is 0 Å². The molecule has 106 valence electrons. The molecular weight excluding hydrogens is 250 g/mol. The van der Waals surface area contributed by atoms with Gasteiger partial charge in [0.2, 0.25) is 0 Å². The standard InChI is InChI=1S/C16H21N3O/c1-13-9-17-19(10-13)11-16(12-20,18-15-7-8-15)14-5-3-2-4-6-14/h2-6,9-10,15,18,20H,7-8,11-12H2,1H3. The van der Waals surface area contributed by atoms with E-state index < -0.39 is 5.54 Å². The molecule has 0 aliphatic heterocycles. The van der Waals surface area contributed by atoms with Crippen molar-refractivity contribution in [2.24, 2.45) is 0 Å². The van der Waals surface area contributed by atoms with E-state index in [1.165, 1.54) is 12.8 Å². The molecule has 4 heteroatoms. The fraction of sp³-hybridized carbons (Fsp3) is 0.438. The number of aryl methyl sites for hydroxylation is 1. The molecule has 1 heterocycles. The van der Waals surface area contributed by atoms with Crippen LogP contribution in [0.3, 0.4) is 0 Å². The van der Waals surface area contributed by atoms with Crippen molar-refractivity contribution in [2.45, 2.75) is 37.9 Å². The predicted molar refractivity (Wildman–Crippen MR) is 78.3 cm³/mol. The Balaban J connectivity index is 1.92. The molecule has 2 aromatic rings. The first-order chi connectivity index (χ1) is 9.72. The lowest BCUT2D eigenvalue weighted by Gasteiger charge is -2.34. The van der Waals surface area contributed by atoms with E-state index in [1.54, 1.807) is 0 Å². The molecule has 4 nitrogen and oxygen atoms in total. The van der Waals surface area contributed by atoms with Gasteiger partial charge in [0.15, 0.2) is 0 Å². The van der Waals surface area contributed by atoms with E-state index in [9.17, 15) is 5.11 Å². The van der Waals surface area contributed by atoms with Crippen LogP contribution in [-0.4, -0.2) is 27.5 Å². The summed E-state index contributed by atoms with van der Waals surface area (Å²) in [4.78, 5) is 0. The number of hydrogen-bond donors (Lipinski definition) is 2. The van der Waals surface area contributed by atoms with Crippen LogP contribution in [-0.2, 0) is 12.1 Å². The van der Waals surface area contributed by atoms with E-state index in [1.807, 2.05) is 42.2 Å². The number of aromatic nitrogens is 2. The lowest BCUT2D eigenvalue weighted by Crippen LogP contribution is -2.50. The summed E-state index contributed by atoms with van der Waals surface area (Å²) >= 11 is 0. The van der Waals surface area contributed by atoms with Crippen molar-refractivity contribution in [3.63, 3.8) is 0 Å². The summed E-state index contributed by atoms with van der Waals surface area (Å²) in [6.07, 6.45) is 6.24. The van der Waals surface area contributed by atoms with Crippen molar-refractivity contribution in [1.29, 1.82) is 0 Å². The molecule has 20 heavy (non-hydrogen) atoms. The molecule has 0 amide bonds. The van der Waals surface area contributed by atoms with Gasteiger partial charge in [0.25, 0.3) is 0 Å². The molecule has 0 spiro atoms. The maximum atomic E-state index is 10.1. The van der Waals surface area contributed by atoms with Gasteiger partial charge in [-0.05, 0) is 30.9 Å². The molecule has 3 rings (SSSR count). The highest BCUT2D eigenvalue weighted by Crippen LogP contribution is 2.30. The fourth-order valence-electron chi connectivity index (χ4n) is 2.61. The summed E-state index contributed by atoms with van der Waals surface area (Å²) in [5.74, 6) is 0. The van der Waals surface area contributed by atoms with Crippen molar-refractivity contribution in [3.05, 3.63) is 53.9 Å². The normalized spacial score (nSPS) is 17.9. The molecule has 0 radical (unpaired) electrons. The molecule has 1 unspecified atom stereocenters. The minimum absolute atomic E-state index is 0.0619. The highest BCUT2D eigenvalue weighted by molar-refractivity contribution is 5.25. The van der Waals surface area contributed by atoms with E-state index in [0.29, 0.717) is 12.6 Å². The first kappa shape index (κ1) is 13.3. The van der Waals surface area contributed by atoms with Crippen LogP contribution in [0.4, 0.5) is 0 Å². The topological polar surface area (TPSA) is 50.1 Å². The molecule has 2 N–H and O–H groups in total. The first-order valence-electron chi connectivity index (χ1n) is 7.15. The molecule has 1 aromatic heterocycles. The number of benzene rings is 1. The Hall–Kier alpha value is -1.65. The van der Waals surface area contributed by atoms with Crippen molar-refractivity contribution < 1.29 is 5.11 Å². The molecule has 1 fully saturated rings. The average molecular weight is 271 g/mol. The van der Waals surface area contributed by atoms with Crippen molar-refractivity contribution in [1.82, 2.24) is 15.1 Å². The smallest absolute Gasteiger partial charge is 0.0869 e. The van der Waals surface area contributed by atoms with Gasteiger partial charge in [0.05, 0.1) is 24.9 Å². The van der Waals surface area contributed by atoms with Gasteiger partial charge in [0.1, 0.15) is 0 Å². The molecule has 1 aromatic carbocycles. The van der Waals surface area contributed by atoms with Crippen LogP contribution in [0.15, 0.2) is 42.7 Å². The molecular formula is C16H21N3O. The number of nitrogens with one attached hydrogen (secondary N) is 1. The van der Waals surface area contributed by atoms with Crippen LogP contribution in [0, 0.1) is 6.92 Å². The highest BCUT2D eigenvalue weighted by Gasteiger charge is 2.37. The Kier molecular flexibility index (Phi) is 3.59. The second-order valence-corrected chi connectivity index (χ2v) is 5.74. The SMILES string of the molecule is Cc1cnn(CC(CO)(NC2CC2)c2ccccc2)c1. The van der Waals surface area contributed by atoms with Gasteiger partial charge < -0.3 is 10.4 Å². The molecule has 0 saturated heterocycles. The Bertz CT molecular complexity index is 562. The summed E-state index contributed by atoms with van der Waals surface area (Å²) in [6, 6.07) is 10.7. The van der Waals surface area contributed by atoms with E-state index >= 15 is 0 Å². The summed E-state index contributed by atoms with van der Waals surface area (Å²) in [5.41, 5.74) is 1.79. The minimum atomic E-state index is -0.457. The van der Waals surface area contributed by atoms with Gasteiger partial charge in [0, 0.05) is 12.2 Å². The van der Waals surface area contributed by atoms with Crippen molar-refractivity contribution in [2.75, 3.05) is 6.61 Å². The maximum Gasteiger partial charge on any atom is 0.0869 e. The van der Waals surface area contributed by atoms with E-state index in [4.69, 9.17) is 0 Å². The van der Waals surface area contributed by atoms with Crippen LogP contribution in [0.25, 0.3) is 0 Å². The minimum Gasteiger partial charge on any atom is -0.394 e. The van der Waals surface area contributed by atoms with Crippen molar-refractivity contribution >= 4 is 0 Å². The lowest BCUT2D eigenvalue weighted by atomic mass is 9.90. The Morgan fingerprint density at radius 1 is 1.35 bits per heavy atom. The number of nitrogens with zero attached hydrogens (tertiary/aromatic N) is 2. The second-order valence-electron chi connectivity index (χ2n) is 5.74. The molecule has 1 aliphatic carbocycles. The summed E-state index contributed by atoms with van der Waals surface area (Å²) in [5, 5.41) is 18.1. The summed E-state index contributed by atoms with van der Waals surface area (Å²) < 4.78 is 1.91. The second kappa shape index (κ2) is 5.38. The predicted octanol–water partition coefficient (Wildman–Crippen LogP) is 1.83. The van der Waals surface area contributed by atoms with Crippen LogP contribution in [0.2, 0.25) is 0 Å². The fourth-order valence-corrected chi connectivity index (χ4v) is 2.61. The molecule has 1 aliphatic rings. The third kappa shape index (κ3) is 2.76. The van der Waals surface area contributed by atoms with Gasteiger partial charge in [-0.3, -0.25) is 4.68 Å². The number of rotatable bonds is 6. The first-order valence-corrected chi connectivity index (χ1v) is 7.15. The molecule has 0 bridgehead atoms. The number of aliphatic hydroxyl groups excluding tert-OH is 1. The average Bonchev–Trinajstić information content (AvgIpc) is 3.20.